The van der Waals surface area contributed by atoms with Gasteiger partial charge in [-0.1, -0.05) is 0 Å². The number of carbonyl (C=O) groups excluding carboxylic acids is 2. The van der Waals surface area contributed by atoms with Crippen LogP contribution in [0.25, 0.3) is 0 Å². The van der Waals surface area contributed by atoms with Crippen LogP contribution in [-0.4, -0.2) is 66.7 Å². The zero-order valence-corrected chi connectivity index (χ0v) is 13.1. The Morgan fingerprint density at radius 1 is 1.24 bits per heavy atom. The van der Waals surface area contributed by atoms with E-state index in [2.05, 4.69) is 10.2 Å². The average Bonchev–Trinajstić information content (AvgIpc) is 3.00. The summed E-state index contributed by atoms with van der Waals surface area (Å²) in [4.78, 5) is 28.1. The molecule has 2 saturated heterocycles. The van der Waals surface area contributed by atoms with E-state index in [0.717, 1.165) is 51.9 Å². The second kappa shape index (κ2) is 7.64. The molecule has 2 rings (SSSR count). The number of nitrogens with one attached hydrogen (secondary N) is 1. The quantitative estimate of drug-likeness (QED) is 0.847. The standard InChI is InChI=1S/C15H27N3O3/c1-3-21-15(20)16-13-7-6-10-18(11-13)12(2)14(19)17-8-4-5-9-17/h12-13H,3-11H2,1-2H3,(H,16,20)/t12-,13-/m1/s1. The maximum absolute atomic E-state index is 12.4. The monoisotopic (exact) mass is 297 g/mol. The summed E-state index contributed by atoms with van der Waals surface area (Å²) < 4.78 is 4.93. The minimum absolute atomic E-state index is 0.0756. The lowest BCUT2D eigenvalue weighted by atomic mass is 10.0. The molecule has 0 bridgehead atoms. The zero-order valence-electron chi connectivity index (χ0n) is 13.1. The Kier molecular flexibility index (Phi) is 5.85. The predicted molar refractivity (Wildman–Crippen MR) is 80.0 cm³/mol. The molecular weight excluding hydrogens is 270 g/mol. The summed E-state index contributed by atoms with van der Waals surface area (Å²) >= 11 is 0. The zero-order chi connectivity index (χ0) is 15.2. The van der Waals surface area contributed by atoms with Gasteiger partial charge in [-0.15, -0.1) is 0 Å². The molecule has 1 N–H and O–H groups in total. The van der Waals surface area contributed by atoms with Crippen molar-refractivity contribution in [3.05, 3.63) is 0 Å². The van der Waals surface area contributed by atoms with Gasteiger partial charge in [0.1, 0.15) is 0 Å². The van der Waals surface area contributed by atoms with E-state index < -0.39 is 0 Å². The third-order valence-electron chi connectivity index (χ3n) is 4.37. The van der Waals surface area contributed by atoms with Crippen LogP contribution in [0, 0.1) is 0 Å². The molecule has 6 heteroatoms. The third kappa shape index (κ3) is 4.33. The lowest BCUT2D eigenvalue weighted by Gasteiger charge is -2.37. The fourth-order valence-electron chi connectivity index (χ4n) is 3.17. The normalized spacial score (nSPS) is 24.7. The molecule has 0 unspecified atom stereocenters. The lowest BCUT2D eigenvalue weighted by Crippen LogP contribution is -2.54. The Morgan fingerprint density at radius 2 is 1.95 bits per heavy atom. The fraction of sp³-hybridized carbons (Fsp3) is 0.867. The molecule has 0 aromatic rings. The Labute approximate surface area is 126 Å². The van der Waals surface area contributed by atoms with Gasteiger partial charge in [0.05, 0.1) is 12.6 Å². The highest BCUT2D eigenvalue weighted by Crippen LogP contribution is 2.17. The number of piperidine rings is 1. The van der Waals surface area contributed by atoms with Gasteiger partial charge in [0.15, 0.2) is 0 Å². The van der Waals surface area contributed by atoms with E-state index in [1.807, 2.05) is 11.8 Å². The minimum Gasteiger partial charge on any atom is -0.450 e. The van der Waals surface area contributed by atoms with Crippen LogP contribution in [0.3, 0.4) is 0 Å². The minimum atomic E-state index is -0.358. The van der Waals surface area contributed by atoms with Gasteiger partial charge >= 0.3 is 6.09 Å². The Hall–Kier alpha value is -1.30. The summed E-state index contributed by atoms with van der Waals surface area (Å²) in [6.07, 6.45) is 3.81. The number of hydrogen-bond acceptors (Lipinski definition) is 4. The predicted octanol–water partition coefficient (Wildman–Crippen LogP) is 1.21. The maximum atomic E-state index is 12.4. The molecule has 0 spiro atoms. The molecule has 0 aromatic heterocycles. The van der Waals surface area contributed by atoms with E-state index in [1.165, 1.54) is 0 Å². The Morgan fingerprint density at radius 3 is 2.62 bits per heavy atom. The SMILES string of the molecule is CCOC(=O)N[C@@H]1CCCN([C@H](C)C(=O)N2CCCC2)C1. The van der Waals surface area contributed by atoms with Crippen molar-refractivity contribution in [2.45, 2.75) is 51.6 Å². The van der Waals surface area contributed by atoms with E-state index >= 15 is 0 Å². The fourth-order valence-corrected chi connectivity index (χ4v) is 3.17. The van der Waals surface area contributed by atoms with Crippen LogP contribution < -0.4 is 5.32 Å². The Balaban J connectivity index is 1.84. The molecule has 0 saturated carbocycles. The van der Waals surface area contributed by atoms with E-state index in [0.29, 0.717) is 6.61 Å². The van der Waals surface area contributed by atoms with E-state index in [4.69, 9.17) is 4.74 Å². The molecule has 6 nitrogen and oxygen atoms in total. The first-order chi connectivity index (χ1) is 10.1. The van der Waals surface area contributed by atoms with Gasteiger partial charge < -0.3 is 15.0 Å². The highest BCUT2D eigenvalue weighted by atomic mass is 16.5. The van der Waals surface area contributed by atoms with Crippen molar-refractivity contribution in [3.63, 3.8) is 0 Å². The van der Waals surface area contributed by atoms with Crippen LogP contribution in [0.1, 0.15) is 39.5 Å². The lowest BCUT2D eigenvalue weighted by molar-refractivity contribution is -0.135. The molecule has 2 fully saturated rings. The molecule has 120 valence electrons. The van der Waals surface area contributed by atoms with Crippen LogP contribution in [0.15, 0.2) is 0 Å². The van der Waals surface area contributed by atoms with E-state index in [1.54, 1.807) is 6.92 Å². The van der Waals surface area contributed by atoms with Crippen molar-refractivity contribution >= 4 is 12.0 Å². The second-order valence-electron chi connectivity index (χ2n) is 5.91. The summed E-state index contributed by atoms with van der Waals surface area (Å²) in [6.45, 7) is 7.58. The summed E-state index contributed by atoms with van der Waals surface area (Å²) in [7, 11) is 0. The maximum Gasteiger partial charge on any atom is 0.407 e. The first-order valence-corrected chi connectivity index (χ1v) is 8.08. The van der Waals surface area contributed by atoms with E-state index in [9.17, 15) is 9.59 Å². The first-order valence-electron chi connectivity index (χ1n) is 8.08. The number of amides is 2. The summed E-state index contributed by atoms with van der Waals surface area (Å²) in [5, 5.41) is 2.89. The van der Waals surface area contributed by atoms with Crippen molar-refractivity contribution in [1.82, 2.24) is 15.1 Å². The van der Waals surface area contributed by atoms with Gasteiger partial charge in [-0.3, -0.25) is 9.69 Å². The van der Waals surface area contributed by atoms with Crippen molar-refractivity contribution in [1.29, 1.82) is 0 Å². The molecular formula is C15H27N3O3. The van der Waals surface area contributed by atoms with Crippen LogP contribution in [-0.2, 0) is 9.53 Å². The van der Waals surface area contributed by atoms with Gasteiger partial charge in [-0.2, -0.15) is 0 Å². The average molecular weight is 297 g/mol. The van der Waals surface area contributed by atoms with Gasteiger partial charge in [-0.05, 0) is 46.1 Å². The highest BCUT2D eigenvalue weighted by Gasteiger charge is 2.31. The number of hydrogen-bond donors (Lipinski definition) is 1. The molecule has 0 radical (unpaired) electrons. The summed E-state index contributed by atoms with van der Waals surface area (Å²) in [6, 6.07) is -0.0264. The van der Waals surface area contributed by atoms with Crippen LogP contribution in [0.4, 0.5) is 4.79 Å². The van der Waals surface area contributed by atoms with Gasteiger partial charge in [0.25, 0.3) is 0 Å². The smallest absolute Gasteiger partial charge is 0.407 e. The molecule has 2 heterocycles. The first kappa shape index (κ1) is 16.1. The number of likely N-dealkylation sites (tertiary alicyclic amines) is 2. The molecule has 0 aromatic carbocycles. The van der Waals surface area contributed by atoms with Crippen molar-refractivity contribution in [2.75, 3.05) is 32.8 Å². The van der Waals surface area contributed by atoms with Crippen LogP contribution in [0.5, 0.6) is 0 Å². The molecule has 21 heavy (non-hydrogen) atoms. The van der Waals surface area contributed by atoms with Gasteiger partial charge in [0, 0.05) is 25.7 Å². The number of carbonyl (C=O) groups is 2. The largest absolute Gasteiger partial charge is 0.450 e. The molecule has 2 atom stereocenters. The van der Waals surface area contributed by atoms with Crippen molar-refractivity contribution < 1.29 is 14.3 Å². The van der Waals surface area contributed by atoms with Crippen LogP contribution >= 0.6 is 0 Å². The summed E-state index contributed by atoms with van der Waals surface area (Å²) in [5.41, 5.74) is 0. The number of nitrogens with zero attached hydrogens (tertiary/aromatic N) is 2. The number of rotatable bonds is 4. The Bertz CT molecular complexity index is 369. The van der Waals surface area contributed by atoms with Crippen molar-refractivity contribution in [2.24, 2.45) is 0 Å². The number of alkyl carbamates (subject to hydrolysis) is 1. The highest BCUT2D eigenvalue weighted by molar-refractivity contribution is 5.81. The van der Waals surface area contributed by atoms with Crippen LogP contribution in [0.2, 0.25) is 0 Å². The molecule has 0 aliphatic carbocycles. The molecule has 2 amide bonds. The van der Waals surface area contributed by atoms with Gasteiger partial charge in [-0.25, -0.2) is 4.79 Å². The molecule has 2 aliphatic rings. The van der Waals surface area contributed by atoms with E-state index in [-0.39, 0.29) is 24.1 Å². The summed E-state index contributed by atoms with van der Waals surface area (Å²) in [5.74, 6) is 0.226. The third-order valence-corrected chi connectivity index (χ3v) is 4.37. The second-order valence-corrected chi connectivity index (χ2v) is 5.91. The molecule has 2 aliphatic heterocycles. The number of ether oxygens (including phenoxy) is 1. The topological polar surface area (TPSA) is 61.9 Å². The van der Waals surface area contributed by atoms with Crippen molar-refractivity contribution in [3.8, 4) is 0 Å². The van der Waals surface area contributed by atoms with Gasteiger partial charge in [0.2, 0.25) is 5.91 Å².